The second-order valence-electron chi connectivity index (χ2n) is 16.6. The van der Waals surface area contributed by atoms with Crippen molar-refractivity contribution in [2.75, 3.05) is 51.1 Å². The van der Waals surface area contributed by atoms with Gasteiger partial charge in [-0.1, -0.05) is 229 Å². The van der Waals surface area contributed by atoms with Crippen molar-refractivity contribution in [3.63, 3.8) is 0 Å². The summed E-state index contributed by atoms with van der Waals surface area (Å²) in [5, 5.41) is 0. The quantitative estimate of drug-likeness (QED) is 0.0337. The van der Waals surface area contributed by atoms with Gasteiger partial charge in [0.05, 0.1) is 56.6 Å². The van der Waals surface area contributed by atoms with Crippen molar-refractivity contribution in [3.05, 3.63) is 0 Å². The van der Waals surface area contributed by atoms with Gasteiger partial charge < -0.3 is 27.6 Å². The molecule has 1 spiro atoms. The van der Waals surface area contributed by atoms with Crippen LogP contribution in [0.4, 0.5) is 0 Å². The van der Waals surface area contributed by atoms with Crippen LogP contribution in [0.2, 0.25) is 0 Å². The third-order valence-corrected chi connectivity index (χ3v) is 16.8. The Labute approximate surface area is 361 Å². The zero-order valence-corrected chi connectivity index (χ0v) is 40.2. The summed E-state index contributed by atoms with van der Waals surface area (Å²) in [6.45, 7) is 7.42. The van der Waals surface area contributed by atoms with Gasteiger partial charge in [0.25, 0.3) is 0 Å². The Morgan fingerprint density at radius 3 is 0.877 bits per heavy atom. The third kappa shape index (κ3) is 31.8. The lowest BCUT2D eigenvalue weighted by molar-refractivity contribution is -0.141. The van der Waals surface area contributed by atoms with E-state index in [1.54, 1.807) is 0 Å². The Bertz CT molecular complexity index is 844. The number of unbranched alkanes of at least 4 members (excludes halogenated alkanes) is 30. The van der Waals surface area contributed by atoms with Gasteiger partial charge in [-0.15, -0.1) is 0 Å². The van der Waals surface area contributed by atoms with Crippen molar-refractivity contribution in [1.29, 1.82) is 0 Å². The number of carbonyl (C=O) groups excluding carboxylic acids is 2. The molecule has 2 aliphatic rings. The molecule has 336 valence electrons. The number of hydrogen-bond acceptors (Lipinski definition) is 10. The fraction of sp³-hybridized carbons (Fsp3) is 0.956. The Kier molecular flexibility index (Phi) is 36.8. The van der Waals surface area contributed by atoms with E-state index in [9.17, 15) is 9.59 Å². The highest BCUT2D eigenvalue weighted by Gasteiger charge is 2.43. The van der Waals surface area contributed by atoms with Crippen molar-refractivity contribution >= 4 is 49.9 Å². The number of ether oxygens (including phenoxy) is 2. The van der Waals surface area contributed by atoms with E-state index >= 15 is 0 Å². The summed E-state index contributed by atoms with van der Waals surface area (Å²) in [4.78, 5) is 24.5. The molecule has 0 radical (unpaired) electrons. The van der Waals surface area contributed by atoms with E-state index in [1.165, 1.54) is 203 Å². The first-order valence-electron chi connectivity index (χ1n) is 23.8. The molecule has 0 atom stereocenters. The SMILES string of the molecule is CCCCCCCCCCCCCCCCCCOC(=O)CSP1OCC2(CO1)COP(SCC(=O)OCCCCCCCCCCCCCCCCCC)OC2. The summed E-state index contributed by atoms with van der Waals surface area (Å²) in [6, 6.07) is 0. The molecule has 2 rings (SSSR count). The first kappa shape index (κ1) is 53.5. The van der Waals surface area contributed by atoms with Crippen LogP contribution in [0.25, 0.3) is 0 Å². The van der Waals surface area contributed by atoms with Crippen LogP contribution in [0, 0.1) is 5.41 Å². The molecular formula is C45H86O8P2S2. The molecule has 0 N–H and O–H groups in total. The molecule has 0 aromatic heterocycles. The Hall–Kier alpha value is 0.340. The average Bonchev–Trinajstić information content (AvgIpc) is 3.22. The lowest BCUT2D eigenvalue weighted by Crippen LogP contribution is -2.44. The minimum absolute atomic E-state index is 0.202. The summed E-state index contributed by atoms with van der Waals surface area (Å²) in [5.41, 5.74) is -0.347. The number of rotatable bonds is 40. The molecule has 0 bridgehead atoms. The number of hydrogen-bond donors (Lipinski definition) is 0. The largest absolute Gasteiger partial charge is 0.465 e. The van der Waals surface area contributed by atoms with Crippen LogP contribution >= 0.6 is 37.9 Å². The normalized spacial score (nSPS) is 19.6. The van der Waals surface area contributed by atoms with Gasteiger partial charge in [-0.3, -0.25) is 9.59 Å². The fourth-order valence-corrected chi connectivity index (χ4v) is 12.5. The first-order valence-corrected chi connectivity index (χ1v) is 29.3. The van der Waals surface area contributed by atoms with E-state index in [0.29, 0.717) is 39.6 Å². The van der Waals surface area contributed by atoms with Crippen LogP contribution in [0.3, 0.4) is 0 Å². The zero-order chi connectivity index (χ0) is 40.8. The zero-order valence-electron chi connectivity index (χ0n) is 36.8. The van der Waals surface area contributed by atoms with Crippen molar-refractivity contribution < 1.29 is 37.2 Å². The third-order valence-electron chi connectivity index (χ3n) is 11.0. The average molecular weight is 881 g/mol. The maximum atomic E-state index is 12.3. The van der Waals surface area contributed by atoms with Crippen LogP contribution in [0.15, 0.2) is 0 Å². The van der Waals surface area contributed by atoms with Gasteiger partial charge in [0.1, 0.15) is 0 Å². The number of carbonyl (C=O) groups is 2. The Morgan fingerprint density at radius 1 is 0.404 bits per heavy atom. The lowest BCUT2D eigenvalue weighted by Gasteiger charge is -2.42. The van der Waals surface area contributed by atoms with Crippen LogP contribution in [0.1, 0.15) is 219 Å². The molecule has 57 heavy (non-hydrogen) atoms. The maximum Gasteiger partial charge on any atom is 0.316 e. The highest BCUT2D eigenvalue weighted by atomic mass is 32.7. The smallest absolute Gasteiger partial charge is 0.316 e. The van der Waals surface area contributed by atoms with Gasteiger partial charge in [0, 0.05) is 0 Å². The van der Waals surface area contributed by atoms with E-state index < -0.39 is 15.2 Å². The molecular weight excluding hydrogens is 795 g/mol. The minimum Gasteiger partial charge on any atom is -0.465 e. The molecule has 0 aromatic carbocycles. The summed E-state index contributed by atoms with van der Waals surface area (Å²) in [5.74, 6) is 0.0717. The van der Waals surface area contributed by atoms with Crippen molar-refractivity contribution in [3.8, 4) is 0 Å². The molecule has 8 nitrogen and oxygen atoms in total. The van der Waals surface area contributed by atoms with E-state index in [1.807, 2.05) is 0 Å². The molecule has 0 aromatic rings. The van der Waals surface area contributed by atoms with Gasteiger partial charge >= 0.3 is 11.9 Å². The van der Waals surface area contributed by atoms with Crippen molar-refractivity contribution in [1.82, 2.24) is 0 Å². The summed E-state index contributed by atoms with van der Waals surface area (Å²) in [6.07, 6.45) is 42.5. The molecule has 0 amide bonds. The predicted molar refractivity (Wildman–Crippen MR) is 246 cm³/mol. The summed E-state index contributed by atoms with van der Waals surface area (Å²) >= 11 is 2.77. The predicted octanol–water partition coefficient (Wildman–Crippen LogP) is 15.6. The minimum atomic E-state index is -1.20. The van der Waals surface area contributed by atoms with E-state index in [4.69, 9.17) is 27.6 Å². The molecule has 2 heterocycles. The Morgan fingerprint density at radius 2 is 0.632 bits per heavy atom. The van der Waals surface area contributed by atoms with Crippen LogP contribution < -0.4 is 0 Å². The highest BCUT2D eigenvalue weighted by molar-refractivity contribution is 8.53. The topological polar surface area (TPSA) is 89.5 Å². The summed E-state index contributed by atoms with van der Waals surface area (Å²) in [7, 11) is -2.39. The molecule has 2 fully saturated rings. The van der Waals surface area contributed by atoms with Crippen LogP contribution in [-0.4, -0.2) is 63.1 Å². The van der Waals surface area contributed by atoms with E-state index in [2.05, 4.69) is 13.8 Å². The maximum absolute atomic E-state index is 12.3. The first-order chi connectivity index (χ1) is 28.1. The van der Waals surface area contributed by atoms with Gasteiger partial charge in [-0.25, -0.2) is 0 Å². The van der Waals surface area contributed by atoms with Crippen molar-refractivity contribution in [2.24, 2.45) is 5.41 Å². The molecule has 0 saturated carbocycles. The van der Waals surface area contributed by atoms with Crippen LogP contribution in [-0.2, 0) is 37.2 Å². The molecule has 2 saturated heterocycles. The number of esters is 2. The van der Waals surface area contributed by atoms with Gasteiger partial charge in [-0.2, -0.15) is 0 Å². The highest BCUT2D eigenvalue weighted by Crippen LogP contribution is 2.61. The molecule has 2 aliphatic heterocycles. The second-order valence-corrected chi connectivity index (χ2v) is 23.0. The lowest BCUT2D eigenvalue weighted by atomic mass is 9.93. The summed E-state index contributed by atoms with van der Waals surface area (Å²) < 4.78 is 34.8. The standard InChI is InChI=1S/C45H86O8P2S2/c1-3-5-7-9-11-13-15-17-19-21-23-25-27-29-31-33-35-48-43(46)37-56-54-50-39-45(40-51-54)41-52-55(53-42-45)57-38-44(47)49-36-34-32-30-28-26-24-22-20-18-16-14-12-10-8-6-4-2/h3-42H2,1-2H3. The molecule has 0 aliphatic carbocycles. The Balaban J connectivity index is 1.31. The van der Waals surface area contributed by atoms with Crippen molar-refractivity contribution in [2.45, 2.75) is 219 Å². The van der Waals surface area contributed by atoms with E-state index in [-0.39, 0.29) is 28.9 Å². The van der Waals surface area contributed by atoms with Gasteiger partial charge in [0.15, 0.2) is 0 Å². The van der Waals surface area contributed by atoms with Gasteiger partial charge in [0.2, 0.25) is 15.2 Å². The fourth-order valence-electron chi connectivity index (χ4n) is 7.20. The monoisotopic (exact) mass is 881 g/mol. The molecule has 12 heteroatoms. The van der Waals surface area contributed by atoms with Gasteiger partial charge in [-0.05, 0) is 12.8 Å². The van der Waals surface area contributed by atoms with E-state index in [0.717, 1.165) is 25.7 Å². The molecule has 0 unspecified atom stereocenters. The van der Waals surface area contributed by atoms with Crippen LogP contribution in [0.5, 0.6) is 0 Å². The second kappa shape index (κ2) is 39.2.